The van der Waals surface area contributed by atoms with E-state index in [0.717, 1.165) is 16.5 Å². The molecule has 34 heavy (non-hydrogen) atoms. The van der Waals surface area contributed by atoms with Gasteiger partial charge in [0.05, 0.1) is 6.04 Å². The summed E-state index contributed by atoms with van der Waals surface area (Å²) in [6.07, 6.45) is 4.82. The summed E-state index contributed by atoms with van der Waals surface area (Å²) in [6.45, 7) is 0.247. The first-order valence-corrected chi connectivity index (χ1v) is 12.3. The standard InChI is InChI=1S/C22H33N7O4S/c1-34-10-8-17(20(31)29-18(21(32)33)7-4-9-26-22(24)25)28-19(30)15(23)11-13-12-27-16-6-3-2-5-14(13)16/h2-3,5-6,12,15,17-18,27H,4,7-11,23H2,1H3,(H,28,30)(H,29,31)(H,32,33)(H4,24,25,26). The monoisotopic (exact) mass is 491 g/mol. The number of rotatable bonds is 14. The molecule has 2 amide bonds. The van der Waals surface area contributed by atoms with E-state index < -0.39 is 35.9 Å². The Morgan fingerprint density at radius 2 is 1.82 bits per heavy atom. The molecule has 186 valence electrons. The SMILES string of the molecule is CSCCC(NC(=O)C(N)Cc1c[nH]c2ccccc12)C(=O)NC(CCCN=C(N)N)C(=O)O. The van der Waals surface area contributed by atoms with E-state index in [1.165, 1.54) is 11.8 Å². The smallest absolute Gasteiger partial charge is 0.326 e. The van der Waals surface area contributed by atoms with Gasteiger partial charge in [0.25, 0.3) is 0 Å². The number of aromatic amines is 1. The number of carbonyl (C=O) groups is 3. The third-order valence-electron chi connectivity index (χ3n) is 5.26. The van der Waals surface area contributed by atoms with Crippen LogP contribution in [-0.2, 0) is 20.8 Å². The van der Waals surface area contributed by atoms with Crippen molar-refractivity contribution in [2.45, 2.75) is 43.8 Å². The van der Waals surface area contributed by atoms with Crippen molar-refractivity contribution in [3.8, 4) is 0 Å². The van der Waals surface area contributed by atoms with E-state index in [1.807, 2.05) is 36.7 Å². The van der Waals surface area contributed by atoms with Crippen LogP contribution in [-0.4, -0.2) is 70.5 Å². The van der Waals surface area contributed by atoms with Crippen LogP contribution in [0.1, 0.15) is 24.8 Å². The number of benzene rings is 1. The Bertz CT molecular complexity index is 1010. The molecule has 0 bridgehead atoms. The quantitative estimate of drug-likeness (QED) is 0.108. The minimum atomic E-state index is -1.18. The summed E-state index contributed by atoms with van der Waals surface area (Å²) < 4.78 is 0. The van der Waals surface area contributed by atoms with Gasteiger partial charge in [0, 0.05) is 23.6 Å². The molecule has 0 spiro atoms. The number of aliphatic imine (C=N–C) groups is 1. The molecule has 1 aromatic heterocycles. The molecule has 0 aliphatic heterocycles. The zero-order chi connectivity index (χ0) is 25.1. The number of thioether (sulfide) groups is 1. The fraction of sp³-hybridized carbons (Fsp3) is 0.455. The minimum absolute atomic E-state index is 0.0836. The highest BCUT2D eigenvalue weighted by atomic mass is 32.2. The molecule has 0 radical (unpaired) electrons. The number of aromatic nitrogens is 1. The largest absolute Gasteiger partial charge is 0.480 e. The molecule has 11 nitrogen and oxygen atoms in total. The Morgan fingerprint density at radius 1 is 1.12 bits per heavy atom. The van der Waals surface area contributed by atoms with E-state index in [-0.39, 0.29) is 25.3 Å². The van der Waals surface area contributed by atoms with Gasteiger partial charge in [-0.05, 0) is 49.3 Å². The van der Waals surface area contributed by atoms with Crippen LogP contribution in [0.25, 0.3) is 10.9 Å². The number of nitrogens with two attached hydrogens (primary N) is 3. The van der Waals surface area contributed by atoms with E-state index in [2.05, 4.69) is 20.6 Å². The van der Waals surface area contributed by atoms with E-state index in [1.54, 1.807) is 0 Å². The fourth-order valence-electron chi connectivity index (χ4n) is 3.45. The fourth-order valence-corrected chi connectivity index (χ4v) is 3.92. The molecule has 0 saturated heterocycles. The molecule has 12 heteroatoms. The summed E-state index contributed by atoms with van der Waals surface area (Å²) in [7, 11) is 0. The van der Waals surface area contributed by atoms with Gasteiger partial charge < -0.3 is 37.9 Å². The van der Waals surface area contributed by atoms with Crippen LogP contribution < -0.4 is 27.8 Å². The van der Waals surface area contributed by atoms with Crippen LogP contribution in [0.3, 0.4) is 0 Å². The van der Waals surface area contributed by atoms with Crippen LogP contribution in [0.5, 0.6) is 0 Å². The highest BCUT2D eigenvalue weighted by Gasteiger charge is 2.28. The van der Waals surface area contributed by atoms with E-state index in [4.69, 9.17) is 17.2 Å². The Morgan fingerprint density at radius 3 is 2.50 bits per heavy atom. The van der Waals surface area contributed by atoms with Gasteiger partial charge in [-0.2, -0.15) is 11.8 Å². The average molecular weight is 492 g/mol. The van der Waals surface area contributed by atoms with Gasteiger partial charge in [-0.25, -0.2) is 4.79 Å². The third-order valence-corrected chi connectivity index (χ3v) is 5.90. The predicted octanol–water partition coefficient (Wildman–Crippen LogP) is -0.101. The van der Waals surface area contributed by atoms with Crippen LogP contribution >= 0.6 is 11.8 Å². The van der Waals surface area contributed by atoms with Gasteiger partial charge >= 0.3 is 5.97 Å². The molecule has 3 unspecified atom stereocenters. The number of aliphatic carboxylic acids is 1. The first-order chi connectivity index (χ1) is 16.2. The zero-order valence-electron chi connectivity index (χ0n) is 19.1. The van der Waals surface area contributed by atoms with Gasteiger partial charge in [-0.15, -0.1) is 0 Å². The summed E-state index contributed by atoms with van der Waals surface area (Å²) in [5, 5.41) is 15.7. The number of nitrogens with one attached hydrogen (secondary N) is 3. The van der Waals surface area contributed by atoms with Gasteiger partial charge in [0.1, 0.15) is 12.1 Å². The number of carboxylic acid groups (broad SMARTS) is 1. The first-order valence-electron chi connectivity index (χ1n) is 10.9. The van der Waals surface area contributed by atoms with Gasteiger partial charge in [0.15, 0.2) is 5.96 Å². The Kier molecular flexibility index (Phi) is 10.7. The molecule has 2 rings (SSSR count). The number of nitrogens with zero attached hydrogens (tertiary/aromatic N) is 1. The lowest BCUT2D eigenvalue weighted by Crippen LogP contribution is -2.55. The molecule has 0 aliphatic carbocycles. The van der Waals surface area contributed by atoms with E-state index >= 15 is 0 Å². The number of para-hydroxylation sites is 1. The van der Waals surface area contributed by atoms with Crippen molar-refractivity contribution >= 4 is 46.4 Å². The van der Waals surface area contributed by atoms with Crippen molar-refractivity contribution in [1.82, 2.24) is 15.6 Å². The molecule has 10 N–H and O–H groups in total. The normalized spacial score (nSPS) is 13.6. The Balaban J connectivity index is 2.00. The summed E-state index contributed by atoms with van der Waals surface area (Å²) >= 11 is 1.51. The summed E-state index contributed by atoms with van der Waals surface area (Å²) in [6, 6.07) is 4.78. The van der Waals surface area contributed by atoms with Crippen LogP contribution in [0.2, 0.25) is 0 Å². The first kappa shape index (κ1) is 27.0. The van der Waals surface area contributed by atoms with Gasteiger partial charge in [0.2, 0.25) is 11.8 Å². The second-order valence-corrected chi connectivity index (χ2v) is 8.85. The number of hydrogen-bond donors (Lipinski definition) is 7. The van der Waals surface area contributed by atoms with Crippen molar-refractivity contribution < 1.29 is 19.5 Å². The molecule has 2 aromatic rings. The number of carbonyl (C=O) groups excluding carboxylic acids is 2. The van der Waals surface area contributed by atoms with E-state index in [0.29, 0.717) is 18.6 Å². The van der Waals surface area contributed by atoms with Crippen molar-refractivity contribution in [3.63, 3.8) is 0 Å². The highest BCUT2D eigenvalue weighted by Crippen LogP contribution is 2.18. The van der Waals surface area contributed by atoms with E-state index in [9.17, 15) is 19.5 Å². The number of hydrogen-bond acceptors (Lipinski definition) is 6. The lowest BCUT2D eigenvalue weighted by molar-refractivity contribution is -0.142. The summed E-state index contributed by atoms with van der Waals surface area (Å²) in [4.78, 5) is 44.2. The molecule has 1 aromatic carbocycles. The molecule has 0 saturated carbocycles. The van der Waals surface area contributed by atoms with Gasteiger partial charge in [-0.1, -0.05) is 18.2 Å². The topological polar surface area (TPSA) is 202 Å². The summed E-state index contributed by atoms with van der Waals surface area (Å²) in [5.41, 5.74) is 18.5. The minimum Gasteiger partial charge on any atom is -0.480 e. The molecule has 1 heterocycles. The Labute approximate surface area is 202 Å². The molecule has 0 aliphatic rings. The molecular weight excluding hydrogens is 458 g/mol. The number of carboxylic acids is 1. The highest BCUT2D eigenvalue weighted by molar-refractivity contribution is 7.98. The number of guanidine groups is 1. The van der Waals surface area contributed by atoms with Crippen molar-refractivity contribution in [1.29, 1.82) is 0 Å². The average Bonchev–Trinajstić information content (AvgIpc) is 3.20. The second-order valence-electron chi connectivity index (χ2n) is 7.86. The maximum absolute atomic E-state index is 12.8. The molecule has 3 atom stereocenters. The second kappa shape index (κ2) is 13.5. The van der Waals surface area contributed by atoms with Crippen LogP contribution in [0.15, 0.2) is 35.5 Å². The Hall–Kier alpha value is -3.25. The lowest BCUT2D eigenvalue weighted by Gasteiger charge is -2.22. The van der Waals surface area contributed by atoms with Crippen molar-refractivity contribution in [2.24, 2.45) is 22.2 Å². The number of fused-ring (bicyclic) bond motifs is 1. The third kappa shape index (κ3) is 8.27. The summed E-state index contributed by atoms with van der Waals surface area (Å²) in [5.74, 6) is -1.72. The molecule has 0 fully saturated rings. The van der Waals surface area contributed by atoms with Gasteiger partial charge in [-0.3, -0.25) is 14.6 Å². The zero-order valence-corrected chi connectivity index (χ0v) is 19.9. The number of H-pyrrole nitrogens is 1. The van der Waals surface area contributed by atoms with Crippen molar-refractivity contribution in [2.75, 3.05) is 18.6 Å². The van der Waals surface area contributed by atoms with Crippen molar-refractivity contribution in [3.05, 3.63) is 36.0 Å². The van der Waals surface area contributed by atoms with Crippen LogP contribution in [0, 0.1) is 0 Å². The predicted molar refractivity (Wildman–Crippen MR) is 134 cm³/mol. The lowest BCUT2D eigenvalue weighted by atomic mass is 10.0. The maximum atomic E-state index is 12.8. The number of amides is 2. The maximum Gasteiger partial charge on any atom is 0.326 e. The van der Waals surface area contributed by atoms with Crippen LogP contribution in [0.4, 0.5) is 0 Å². The molecular formula is C22H33N7O4S.